The summed E-state index contributed by atoms with van der Waals surface area (Å²) in [7, 11) is 0. The van der Waals surface area contributed by atoms with Gasteiger partial charge in [0.25, 0.3) is 0 Å². The number of carbonyl (C=O) groups is 2. The molecule has 2 saturated heterocycles. The van der Waals surface area contributed by atoms with E-state index in [9.17, 15) is 9.59 Å². The quantitative estimate of drug-likeness (QED) is 0.678. The van der Waals surface area contributed by atoms with Crippen LogP contribution in [-0.2, 0) is 9.59 Å². The first kappa shape index (κ1) is 16.3. The smallest absolute Gasteiger partial charge is 0.229 e. The van der Waals surface area contributed by atoms with Gasteiger partial charge in [-0.15, -0.1) is 0 Å². The minimum atomic E-state index is -0.369. The second-order valence-electron chi connectivity index (χ2n) is 8.27. The summed E-state index contributed by atoms with van der Waals surface area (Å²) in [5.41, 5.74) is -0.730. The third kappa shape index (κ3) is 3.23. The first-order chi connectivity index (χ1) is 9.51. The molecule has 0 aliphatic carbocycles. The van der Waals surface area contributed by atoms with Crippen LogP contribution in [0.1, 0.15) is 41.5 Å². The Morgan fingerprint density at radius 3 is 1.86 bits per heavy atom. The molecule has 2 heterocycles. The van der Waals surface area contributed by atoms with Crippen LogP contribution in [0.25, 0.3) is 0 Å². The summed E-state index contributed by atoms with van der Waals surface area (Å²) >= 11 is 0. The molecule has 2 aliphatic heterocycles. The molecule has 1 unspecified atom stereocenters. The van der Waals surface area contributed by atoms with Crippen molar-refractivity contribution in [2.75, 3.05) is 32.7 Å². The summed E-state index contributed by atoms with van der Waals surface area (Å²) in [6, 6.07) is 0. The summed E-state index contributed by atoms with van der Waals surface area (Å²) in [4.78, 5) is 31.3. The van der Waals surface area contributed by atoms with Crippen LogP contribution in [0.5, 0.6) is 0 Å². The van der Waals surface area contributed by atoms with Crippen molar-refractivity contribution in [1.29, 1.82) is 0 Å². The average molecular weight is 295 g/mol. The normalized spacial score (nSPS) is 24.2. The van der Waals surface area contributed by atoms with Crippen LogP contribution in [0.2, 0.25) is 0 Å². The molecule has 0 radical (unpaired) electrons. The van der Waals surface area contributed by atoms with E-state index in [1.165, 1.54) is 0 Å². The zero-order valence-electron chi connectivity index (χ0n) is 14.3. The fraction of sp³-hybridized carbons (Fsp3) is 0.875. The van der Waals surface area contributed by atoms with Gasteiger partial charge in [-0.05, 0) is 0 Å². The van der Waals surface area contributed by atoms with E-state index in [2.05, 4.69) is 4.90 Å². The molecule has 5 heteroatoms. The Balaban J connectivity index is 2.12. The lowest BCUT2D eigenvalue weighted by Crippen LogP contribution is -2.59. The van der Waals surface area contributed by atoms with Gasteiger partial charge < -0.3 is 9.80 Å². The maximum atomic E-state index is 12.6. The molecule has 2 amide bonds. The second kappa shape index (κ2) is 5.27. The van der Waals surface area contributed by atoms with Crippen LogP contribution < -0.4 is 0 Å². The molecule has 0 saturated carbocycles. The molecule has 0 N–H and O–H groups in total. The minimum Gasteiger partial charge on any atom is -0.338 e. The zero-order chi connectivity index (χ0) is 16.0. The van der Waals surface area contributed by atoms with Gasteiger partial charge in [-0.1, -0.05) is 41.5 Å². The predicted octanol–water partition coefficient (Wildman–Crippen LogP) is 1.39. The van der Waals surface area contributed by atoms with Crippen LogP contribution in [0.3, 0.4) is 0 Å². The van der Waals surface area contributed by atoms with Crippen LogP contribution in [0.15, 0.2) is 0 Å². The van der Waals surface area contributed by atoms with Crippen molar-refractivity contribution in [1.82, 2.24) is 14.7 Å². The Morgan fingerprint density at radius 1 is 0.810 bits per heavy atom. The Hall–Kier alpha value is -1.10. The summed E-state index contributed by atoms with van der Waals surface area (Å²) in [5, 5.41) is 0. The third-order valence-corrected chi connectivity index (χ3v) is 4.28. The number of carbonyl (C=O) groups excluding carboxylic acids is 2. The van der Waals surface area contributed by atoms with Gasteiger partial charge in [-0.2, -0.15) is 0 Å². The first-order valence-corrected chi connectivity index (χ1v) is 7.86. The molecule has 21 heavy (non-hydrogen) atoms. The Bertz CT molecular complexity index is 434. The largest absolute Gasteiger partial charge is 0.338 e. The lowest BCUT2D eigenvalue weighted by molar-refractivity contribution is -0.150. The van der Waals surface area contributed by atoms with Gasteiger partial charge in [0.1, 0.15) is 6.17 Å². The number of nitrogens with zero attached hydrogens (tertiary/aromatic N) is 3. The maximum Gasteiger partial charge on any atom is 0.229 e. The molecule has 0 aromatic heterocycles. The molecular formula is C16H29N3O2. The van der Waals surface area contributed by atoms with Gasteiger partial charge in [-0.3, -0.25) is 14.5 Å². The zero-order valence-corrected chi connectivity index (χ0v) is 14.3. The molecule has 1 atom stereocenters. The topological polar surface area (TPSA) is 43.9 Å². The van der Waals surface area contributed by atoms with E-state index in [0.29, 0.717) is 6.54 Å². The van der Waals surface area contributed by atoms with E-state index >= 15 is 0 Å². The summed E-state index contributed by atoms with van der Waals surface area (Å²) in [6.45, 7) is 15.7. The average Bonchev–Trinajstić information content (AvgIpc) is 2.77. The Kier molecular flexibility index (Phi) is 4.08. The van der Waals surface area contributed by atoms with E-state index < -0.39 is 0 Å². The van der Waals surface area contributed by atoms with E-state index in [-0.39, 0.29) is 28.8 Å². The lowest BCUT2D eigenvalue weighted by Gasteiger charge is -2.43. The van der Waals surface area contributed by atoms with Crippen molar-refractivity contribution in [3.8, 4) is 0 Å². The van der Waals surface area contributed by atoms with E-state index in [0.717, 1.165) is 26.2 Å². The minimum absolute atomic E-state index is 0.0526. The molecule has 120 valence electrons. The summed E-state index contributed by atoms with van der Waals surface area (Å²) in [6.07, 6.45) is 0.0526. The number of piperazine rings is 1. The first-order valence-electron chi connectivity index (χ1n) is 7.86. The number of hydrogen-bond acceptors (Lipinski definition) is 3. The summed E-state index contributed by atoms with van der Waals surface area (Å²) < 4.78 is 0. The van der Waals surface area contributed by atoms with Crippen molar-refractivity contribution >= 4 is 11.8 Å². The molecule has 0 aromatic rings. The van der Waals surface area contributed by atoms with E-state index in [4.69, 9.17) is 0 Å². The van der Waals surface area contributed by atoms with Crippen molar-refractivity contribution in [3.63, 3.8) is 0 Å². The second-order valence-corrected chi connectivity index (χ2v) is 8.27. The van der Waals surface area contributed by atoms with Gasteiger partial charge in [-0.25, -0.2) is 0 Å². The molecular weight excluding hydrogens is 266 g/mol. The predicted molar refractivity (Wildman–Crippen MR) is 82.6 cm³/mol. The Morgan fingerprint density at radius 2 is 1.33 bits per heavy atom. The van der Waals surface area contributed by atoms with E-state index in [1.807, 2.05) is 51.3 Å². The third-order valence-electron chi connectivity index (χ3n) is 4.28. The van der Waals surface area contributed by atoms with Gasteiger partial charge in [0, 0.05) is 37.0 Å². The number of amides is 2. The van der Waals surface area contributed by atoms with Crippen molar-refractivity contribution in [2.24, 2.45) is 10.8 Å². The van der Waals surface area contributed by atoms with Crippen LogP contribution in [-0.4, -0.2) is 65.4 Å². The SMILES string of the molecule is CC(C)(C)C(=O)N1CCN2CCN(C(=O)C(C)(C)C)C2C1. The maximum absolute atomic E-state index is 12.6. The fourth-order valence-electron chi connectivity index (χ4n) is 3.07. The van der Waals surface area contributed by atoms with Gasteiger partial charge in [0.2, 0.25) is 11.8 Å². The van der Waals surface area contributed by atoms with E-state index in [1.54, 1.807) is 0 Å². The highest BCUT2D eigenvalue weighted by Gasteiger charge is 2.43. The van der Waals surface area contributed by atoms with Crippen LogP contribution in [0.4, 0.5) is 0 Å². The van der Waals surface area contributed by atoms with Gasteiger partial charge in [0.05, 0.1) is 6.54 Å². The molecule has 2 aliphatic rings. The number of hydrogen-bond donors (Lipinski definition) is 0. The Labute approximate surface area is 128 Å². The number of rotatable bonds is 0. The highest BCUT2D eigenvalue weighted by atomic mass is 16.2. The monoisotopic (exact) mass is 295 g/mol. The number of fused-ring (bicyclic) bond motifs is 1. The van der Waals surface area contributed by atoms with Crippen LogP contribution in [0, 0.1) is 10.8 Å². The molecule has 2 rings (SSSR count). The van der Waals surface area contributed by atoms with Gasteiger partial charge in [0.15, 0.2) is 0 Å². The lowest BCUT2D eigenvalue weighted by atomic mass is 9.93. The van der Waals surface area contributed by atoms with Crippen LogP contribution >= 0.6 is 0 Å². The highest BCUT2D eigenvalue weighted by molar-refractivity contribution is 5.83. The standard InChI is InChI=1S/C16H29N3O2/c1-15(2,3)13(20)18-8-7-17-9-10-19(12(17)11-18)14(21)16(4,5)6/h12H,7-11H2,1-6H3. The van der Waals surface area contributed by atoms with Crippen molar-refractivity contribution < 1.29 is 9.59 Å². The summed E-state index contributed by atoms with van der Waals surface area (Å²) in [5.74, 6) is 0.359. The van der Waals surface area contributed by atoms with Crippen molar-refractivity contribution in [3.05, 3.63) is 0 Å². The molecule has 0 bridgehead atoms. The molecule has 5 nitrogen and oxygen atoms in total. The highest BCUT2D eigenvalue weighted by Crippen LogP contribution is 2.28. The molecule has 2 fully saturated rings. The molecule has 0 aromatic carbocycles. The fourth-order valence-corrected chi connectivity index (χ4v) is 3.07. The molecule has 0 spiro atoms. The van der Waals surface area contributed by atoms with Gasteiger partial charge >= 0.3 is 0 Å². The van der Waals surface area contributed by atoms with Crippen molar-refractivity contribution in [2.45, 2.75) is 47.7 Å².